The second-order valence-electron chi connectivity index (χ2n) is 6.01. The number of hydrogen-bond acceptors (Lipinski definition) is 3. The van der Waals surface area contributed by atoms with Gasteiger partial charge in [0.15, 0.2) is 5.96 Å². The van der Waals surface area contributed by atoms with Crippen molar-refractivity contribution in [1.82, 2.24) is 20.5 Å². The number of aliphatic imine (C=N–C) groups is 1. The Balaban J connectivity index is 0.00000225. The van der Waals surface area contributed by atoms with Crippen molar-refractivity contribution < 1.29 is 4.74 Å². The van der Waals surface area contributed by atoms with E-state index in [1.165, 1.54) is 16.6 Å². The largest absolute Gasteiger partial charge is 0.379 e. The van der Waals surface area contributed by atoms with Gasteiger partial charge < -0.3 is 20.4 Å². The summed E-state index contributed by atoms with van der Waals surface area (Å²) in [4.78, 5) is 10.2. The Bertz CT molecular complexity index is 633. The van der Waals surface area contributed by atoms with Crippen LogP contribution in [-0.4, -0.2) is 68.8 Å². The molecule has 138 valence electrons. The van der Waals surface area contributed by atoms with Gasteiger partial charge in [0.2, 0.25) is 0 Å². The van der Waals surface area contributed by atoms with Gasteiger partial charge in [0, 0.05) is 57.4 Å². The molecule has 1 aromatic carbocycles. The lowest BCUT2D eigenvalue weighted by Gasteiger charge is -2.26. The van der Waals surface area contributed by atoms with E-state index in [2.05, 4.69) is 55.8 Å². The number of nitrogens with one attached hydrogen (secondary N) is 3. The van der Waals surface area contributed by atoms with Gasteiger partial charge in [0.05, 0.1) is 13.2 Å². The van der Waals surface area contributed by atoms with Crippen LogP contribution >= 0.6 is 24.0 Å². The van der Waals surface area contributed by atoms with Crippen molar-refractivity contribution in [3.8, 4) is 0 Å². The summed E-state index contributed by atoms with van der Waals surface area (Å²) < 4.78 is 5.36. The van der Waals surface area contributed by atoms with Crippen molar-refractivity contribution in [2.24, 2.45) is 4.99 Å². The topological polar surface area (TPSA) is 64.7 Å². The van der Waals surface area contributed by atoms with Crippen molar-refractivity contribution in [2.75, 3.05) is 53.0 Å². The molecule has 6 nitrogen and oxygen atoms in total. The quantitative estimate of drug-likeness (QED) is 0.352. The molecule has 1 fully saturated rings. The number of halogens is 1. The Morgan fingerprint density at radius 2 is 1.96 bits per heavy atom. The molecule has 1 aliphatic rings. The lowest BCUT2D eigenvalue weighted by Crippen LogP contribution is -2.44. The number of H-pyrrole nitrogens is 1. The maximum absolute atomic E-state index is 5.36. The lowest BCUT2D eigenvalue weighted by molar-refractivity contribution is 0.0389. The summed E-state index contributed by atoms with van der Waals surface area (Å²) in [7, 11) is 1.81. The number of hydrogen-bond donors (Lipinski definition) is 3. The van der Waals surface area contributed by atoms with Crippen molar-refractivity contribution in [3.05, 3.63) is 36.0 Å². The zero-order chi connectivity index (χ0) is 16.6. The molecule has 0 atom stereocenters. The van der Waals surface area contributed by atoms with Gasteiger partial charge >= 0.3 is 0 Å². The number of para-hydroxylation sites is 1. The molecule has 1 aliphatic heterocycles. The van der Waals surface area contributed by atoms with Gasteiger partial charge in [-0.05, 0) is 17.5 Å². The molecule has 2 heterocycles. The van der Waals surface area contributed by atoms with E-state index in [0.717, 1.165) is 58.3 Å². The standard InChI is InChI=1S/C18H27N5O.HI/c1-19-18(21-8-9-23-10-12-24-13-11-23)20-7-6-16-14-15-4-2-3-5-17(15)22-16;/h2-5,14,22H,6-13H2,1H3,(H2,19,20,21);1H. The maximum atomic E-state index is 5.36. The van der Waals surface area contributed by atoms with Crippen LogP contribution in [0, 0.1) is 0 Å². The minimum absolute atomic E-state index is 0. The monoisotopic (exact) mass is 457 g/mol. The zero-order valence-corrected chi connectivity index (χ0v) is 17.1. The molecule has 7 heteroatoms. The summed E-state index contributed by atoms with van der Waals surface area (Å²) in [5.74, 6) is 0.861. The first-order chi connectivity index (χ1) is 11.8. The first kappa shape index (κ1) is 20.0. The van der Waals surface area contributed by atoms with Gasteiger partial charge in [0.25, 0.3) is 0 Å². The van der Waals surface area contributed by atoms with Crippen LogP contribution in [0.5, 0.6) is 0 Å². The highest BCUT2D eigenvalue weighted by Crippen LogP contribution is 2.14. The smallest absolute Gasteiger partial charge is 0.191 e. The van der Waals surface area contributed by atoms with E-state index >= 15 is 0 Å². The number of fused-ring (bicyclic) bond motifs is 1. The third kappa shape index (κ3) is 6.16. The van der Waals surface area contributed by atoms with E-state index in [4.69, 9.17) is 4.74 Å². The van der Waals surface area contributed by atoms with Crippen molar-refractivity contribution in [2.45, 2.75) is 6.42 Å². The Morgan fingerprint density at radius 1 is 1.20 bits per heavy atom. The van der Waals surface area contributed by atoms with Crippen LogP contribution in [0.3, 0.4) is 0 Å². The Labute approximate surface area is 166 Å². The fourth-order valence-electron chi connectivity index (χ4n) is 2.96. The summed E-state index contributed by atoms with van der Waals surface area (Å²) in [6.45, 7) is 6.50. The highest BCUT2D eigenvalue weighted by Gasteiger charge is 2.09. The van der Waals surface area contributed by atoms with Gasteiger partial charge in [-0.2, -0.15) is 0 Å². The van der Waals surface area contributed by atoms with Gasteiger partial charge in [0.1, 0.15) is 0 Å². The third-order valence-corrected chi connectivity index (χ3v) is 4.32. The third-order valence-electron chi connectivity index (χ3n) is 4.32. The molecule has 3 rings (SSSR count). The molecule has 0 spiro atoms. The Morgan fingerprint density at radius 3 is 2.72 bits per heavy atom. The van der Waals surface area contributed by atoms with Crippen LogP contribution in [0.25, 0.3) is 10.9 Å². The molecular weight excluding hydrogens is 429 g/mol. The molecule has 3 N–H and O–H groups in total. The van der Waals surface area contributed by atoms with Gasteiger partial charge in [-0.15, -0.1) is 24.0 Å². The van der Waals surface area contributed by atoms with Crippen LogP contribution < -0.4 is 10.6 Å². The van der Waals surface area contributed by atoms with E-state index in [1.807, 2.05) is 7.05 Å². The van der Waals surface area contributed by atoms with Crippen LogP contribution in [-0.2, 0) is 11.2 Å². The first-order valence-electron chi connectivity index (χ1n) is 8.66. The molecule has 0 bridgehead atoms. The minimum atomic E-state index is 0. The Hall–Kier alpha value is -1.32. The van der Waals surface area contributed by atoms with Gasteiger partial charge in [-0.25, -0.2) is 0 Å². The lowest BCUT2D eigenvalue weighted by atomic mass is 10.2. The first-order valence-corrected chi connectivity index (χ1v) is 8.66. The second-order valence-corrected chi connectivity index (χ2v) is 6.01. The number of ether oxygens (including phenoxy) is 1. The van der Waals surface area contributed by atoms with E-state index in [0.29, 0.717) is 0 Å². The van der Waals surface area contributed by atoms with Crippen LogP contribution in [0.1, 0.15) is 5.69 Å². The molecule has 0 unspecified atom stereocenters. The highest BCUT2D eigenvalue weighted by atomic mass is 127. The van der Waals surface area contributed by atoms with E-state index in [1.54, 1.807) is 0 Å². The number of aromatic amines is 1. The number of morpholine rings is 1. The SMILES string of the molecule is CN=C(NCCc1cc2ccccc2[nH]1)NCCN1CCOCC1.I. The summed E-state index contributed by atoms with van der Waals surface area (Å²) in [6.07, 6.45) is 0.943. The Kier molecular flexibility index (Phi) is 8.50. The normalized spacial score (nSPS) is 15.8. The van der Waals surface area contributed by atoms with Crippen LogP contribution in [0.15, 0.2) is 35.3 Å². The second kappa shape index (κ2) is 10.6. The van der Waals surface area contributed by atoms with E-state index < -0.39 is 0 Å². The maximum Gasteiger partial charge on any atom is 0.191 e. The molecule has 1 aromatic heterocycles. The summed E-state index contributed by atoms with van der Waals surface area (Å²) >= 11 is 0. The van der Waals surface area contributed by atoms with Crippen LogP contribution in [0.2, 0.25) is 0 Å². The highest BCUT2D eigenvalue weighted by molar-refractivity contribution is 14.0. The average Bonchev–Trinajstić information content (AvgIpc) is 3.04. The molecule has 0 saturated carbocycles. The molecule has 2 aromatic rings. The van der Waals surface area contributed by atoms with Gasteiger partial charge in [-0.1, -0.05) is 18.2 Å². The molecule has 1 saturated heterocycles. The van der Waals surface area contributed by atoms with Crippen molar-refractivity contribution in [3.63, 3.8) is 0 Å². The number of aromatic nitrogens is 1. The molecule has 25 heavy (non-hydrogen) atoms. The summed E-state index contributed by atoms with van der Waals surface area (Å²) in [5.41, 5.74) is 2.44. The van der Waals surface area contributed by atoms with E-state index in [-0.39, 0.29) is 24.0 Å². The average molecular weight is 457 g/mol. The fraction of sp³-hybridized carbons (Fsp3) is 0.500. The van der Waals surface area contributed by atoms with Gasteiger partial charge in [-0.3, -0.25) is 9.89 Å². The van der Waals surface area contributed by atoms with Crippen molar-refractivity contribution >= 4 is 40.8 Å². The van der Waals surface area contributed by atoms with E-state index in [9.17, 15) is 0 Å². The summed E-state index contributed by atoms with van der Waals surface area (Å²) in [5, 5.41) is 8.02. The molecule has 0 radical (unpaired) electrons. The molecule has 0 amide bonds. The zero-order valence-electron chi connectivity index (χ0n) is 14.8. The van der Waals surface area contributed by atoms with Crippen LogP contribution in [0.4, 0.5) is 0 Å². The number of benzene rings is 1. The molecule has 0 aliphatic carbocycles. The predicted molar refractivity (Wildman–Crippen MR) is 114 cm³/mol. The number of rotatable bonds is 6. The number of nitrogens with zero attached hydrogens (tertiary/aromatic N) is 2. The molecular formula is C18H28IN5O. The fourth-order valence-corrected chi connectivity index (χ4v) is 2.96. The predicted octanol–water partition coefficient (Wildman–Crippen LogP) is 1.83. The van der Waals surface area contributed by atoms with Crippen molar-refractivity contribution in [1.29, 1.82) is 0 Å². The summed E-state index contributed by atoms with van der Waals surface area (Å²) in [6, 6.07) is 10.6. The number of guanidine groups is 1. The minimum Gasteiger partial charge on any atom is -0.379 e.